The average molecular weight is 244 g/mol. The first kappa shape index (κ1) is 13.9. The molecule has 6 nitrogen and oxygen atoms in total. The summed E-state index contributed by atoms with van der Waals surface area (Å²) in [6.07, 6.45) is 3.26. The van der Waals surface area contributed by atoms with Crippen molar-refractivity contribution in [3.05, 3.63) is 0 Å². The largest absolute Gasteiger partial charge is 0.480 e. The number of methoxy groups -OCH3 is 1. The molecule has 0 aromatic rings. The van der Waals surface area contributed by atoms with Crippen LogP contribution in [0.1, 0.15) is 25.7 Å². The number of hydrogen-bond donors (Lipinski definition) is 3. The number of carboxylic acids is 1. The van der Waals surface area contributed by atoms with Crippen molar-refractivity contribution in [2.24, 2.45) is 11.7 Å². The molecule has 98 valence electrons. The third kappa shape index (κ3) is 4.32. The summed E-state index contributed by atoms with van der Waals surface area (Å²) in [5, 5.41) is 11.4. The molecule has 17 heavy (non-hydrogen) atoms. The van der Waals surface area contributed by atoms with Crippen molar-refractivity contribution in [3.63, 3.8) is 0 Å². The van der Waals surface area contributed by atoms with E-state index < -0.39 is 12.0 Å². The van der Waals surface area contributed by atoms with Crippen LogP contribution in [0.5, 0.6) is 0 Å². The predicted octanol–water partition coefficient (Wildman–Crippen LogP) is -0.280. The summed E-state index contributed by atoms with van der Waals surface area (Å²) in [7, 11) is 1.40. The third-order valence-electron chi connectivity index (χ3n) is 3.03. The number of rotatable bonds is 5. The minimum Gasteiger partial charge on any atom is -0.480 e. The van der Waals surface area contributed by atoms with Crippen molar-refractivity contribution in [3.8, 4) is 0 Å². The van der Waals surface area contributed by atoms with Gasteiger partial charge < -0.3 is 20.9 Å². The number of carbonyl (C=O) groups excluding carboxylic acids is 1. The molecule has 1 aliphatic rings. The van der Waals surface area contributed by atoms with Gasteiger partial charge in [-0.05, 0) is 19.3 Å². The lowest BCUT2D eigenvalue weighted by molar-refractivity contribution is -0.144. The van der Waals surface area contributed by atoms with E-state index in [1.54, 1.807) is 0 Å². The van der Waals surface area contributed by atoms with Gasteiger partial charge in [-0.3, -0.25) is 4.79 Å². The fraction of sp³-hybridized carbons (Fsp3) is 0.818. The Labute approximate surface area is 101 Å². The Morgan fingerprint density at radius 3 is 2.76 bits per heavy atom. The standard InChI is InChI=1S/C11H20N2O4/c1-17-6-9(11(15)16)13-10(14)7-3-2-4-8(12)5-7/h7-9H,2-6,12H2,1H3,(H,13,14)(H,15,16). The molecular formula is C11H20N2O4. The smallest absolute Gasteiger partial charge is 0.328 e. The van der Waals surface area contributed by atoms with Gasteiger partial charge in [0.15, 0.2) is 6.04 Å². The highest BCUT2D eigenvalue weighted by Crippen LogP contribution is 2.23. The van der Waals surface area contributed by atoms with Crippen molar-refractivity contribution < 1.29 is 19.4 Å². The Morgan fingerprint density at radius 2 is 2.24 bits per heavy atom. The monoisotopic (exact) mass is 244 g/mol. The highest BCUT2D eigenvalue weighted by atomic mass is 16.5. The zero-order valence-corrected chi connectivity index (χ0v) is 10.0. The first-order valence-corrected chi connectivity index (χ1v) is 5.82. The molecule has 0 bridgehead atoms. The van der Waals surface area contributed by atoms with Gasteiger partial charge >= 0.3 is 5.97 Å². The van der Waals surface area contributed by atoms with Gasteiger partial charge in [-0.2, -0.15) is 0 Å². The fourth-order valence-electron chi connectivity index (χ4n) is 2.10. The van der Waals surface area contributed by atoms with Crippen LogP contribution in [0.25, 0.3) is 0 Å². The van der Waals surface area contributed by atoms with Crippen molar-refractivity contribution in [2.45, 2.75) is 37.8 Å². The van der Waals surface area contributed by atoms with E-state index in [-0.39, 0.29) is 24.5 Å². The van der Waals surface area contributed by atoms with Crippen LogP contribution in [-0.2, 0) is 14.3 Å². The van der Waals surface area contributed by atoms with Crippen molar-refractivity contribution in [1.82, 2.24) is 5.32 Å². The van der Waals surface area contributed by atoms with Crippen LogP contribution >= 0.6 is 0 Å². The van der Waals surface area contributed by atoms with E-state index in [9.17, 15) is 9.59 Å². The van der Waals surface area contributed by atoms with Crippen LogP contribution in [-0.4, -0.2) is 42.8 Å². The number of nitrogens with one attached hydrogen (secondary N) is 1. The van der Waals surface area contributed by atoms with Crippen molar-refractivity contribution >= 4 is 11.9 Å². The molecule has 1 rings (SSSR count). The number of aliphatic carboxylic acids is 1. The number of amides is 1. The van der Waals surface area contributed by atoms with E-state index in [4.69, 9.17) is 15.6 Å². The SMILES string of the molecule is COCC(NC(=O)C1CCCC(N)C1)C(=O)O. The zero-order chi connectivity index (χ0) is 12.8. The van der Waals surface area contributed by atoms with Gasteiger partial charge in [-0.1, -0.05) is 6.42 Å². The number of carbonyl (C=O) groups is 2. The van der Waals surface area contributed by atoms with Crippen LogP contribution in [0.15, 0.2) is 0 Å². The molecule has 0 aliphatic heterocycles. The summed E-state index contributed by atoms with van der Waals surface area (Å²) in [4.78, 5) is 22.7. The minimum absolute atomic E-state index is 0.0279. The molecule has 0 spiro atoms. The summed E-state index contributed by atoms with van der Waals surface area (Å²) in [5.41, 5.74) is 5.79. The molecule has 0 saturated heterocycles. The molecule has 6 heteroatoms. The molecule has 1 aliphatic carbocycles. The van der Waals surface area contributed by atoms with Crippen LogP contribution < -0.4 is 11.1 Å². The molecule has 3 atom stereocenters. The molecule has 3 unspecified atom stereocenters. The van der Waals surface area contributed by atoms with E-state index in [2.05, 4.69) is 5.32 Å². The van der Waals surface area contributed by atoms with E-state index in [1.165, 1.54) is 7.11 Å². The Balaban J connectivity index is 2.48. The second-order valence-corrected chi connectivity index (χ2v) is 4.48. The number of carboxylic acid groups (broad SMARTS) is 1. The molecule has 0 heterocycles. The Kier molecular flexibility index (Phi) is 5.37. The highest BCUT2D eigenvalue weighted by molar-refractivity contribution is 5.85. The van der Waals surface area contributed by atoms with E-state index in [0.717, 1.165) is 19.3 Å². The third-order valence-corrected chi connectivity index (χ3v) is 3.03. The van der Waals surface area contributed by atoms with Crippen LogP contribution in [0.4, 0.5) is 0 Å². The molecule has 1 saturated carbocycles. The normalized spacial score (nSPS) is 26.2. The molecule has 0 radical (unpaired) electrons. The summed E-state index contributed by atoms with van der Waals surface area (Å²) < 4.78 is 4.75. The van der Waals surface area contributed by atoms with Gasteiger partial charge in [0, 0.05) is 19.1 Å². The van der Waals surface area contributed by atoms with E-state index in [0.29, 0.717) is 6.42 Å². The van der Waals surface area contributed by atoms with Gasteiger partial charge in [0.1, 0.15) is 0 Å². The molecular weight excluding hydrogens is 224 g/mol. The molecule has 1 fully saturated rings. The molecule has 1 amide bonds. The van der Waals surface area contributed by atoms with Crippen LogP contribution in [0.2, 0.25) is 0 Å². The quantitative estimate of drug-likeness (QED) is 0.617. The maximum Gasteiger partial charge on any atom is 0.328 e. The van der Waals surface area contributed by atoms with Crippen molar-refractivity contribution in [1.29, 1.82) is 0 Å². The lowest BCUT2D eigenvalue weighted by atomic mass is 9.85. The average Bonchev–Trinajstić information content (AvgIpc) is 2.28. The first-order chi connectivity index (χ1) is 8.04. The van der Waals surface area contributed by atoms with Gasteiger partial charge in [0.25, 0.3) is 0 Å². The predicted molar refractivity (Wildman–Crippen MR) is 61.4 cm³/mol. The lowest BCUT2D eigenvalue weighted by Gasteiger charge is -2.26. The Morgan fingerprint density at radius 1 is 1.53 bits per heavy atom. The summed E-state index contributed by atoms with van der Waals surface area (Å²) in [5.74, 6) is -1.48. The Bertz CT molecular complexity index is 283. The van der Waals surface area contributed by atoms with Crippen LogP contribution in [0, 0.1) is 5.92 Å². The molecule has 0 aromatic carbocycles. The number of nitrogens with two attached hydrogens (primary N) is 1. The second kappa shape index (κ2) is 6.56. The lowest BCUT2D eigenvalue weighted by Crippen LogP contribution is -2.47. The summed E-state index contributed by atoms with van der Waals surface area (Å²) in [6.45, 7) is -0.0279. The van der Waals surface area contributed by atoms with Crippen molar-refractivity contribution in [2.75, 3.05) is 13.7 Å². The minimum atomic E-state index is -1.08. The molecule has 4 N–H and O–H groups in total. The summed E-state index contributed by atoms with van der Waals surface area (Å²) >= 11 is 0. The summed E-state index contributed by atoms with van der Waals surface area (Å²) in [6, 6.07) is -0.934. The number of ether oxygens (including phenoxy) is 1. The number of hydrogen-bond acceptors (Lipinski definition) is 4. The first-order valence-electron chi connectivity index (χ1n) is 5.82. The van der Waals surface area contributed by atoms with Gasteiger partial charge in [-0.15, -0.1) is 0 Å². The van der Waals surface area contributed by atoms with E-state index in [1.807, 2.05) is 0 Å². The molecule has 0 aromatic heterocycles. The van der Waals surface area contributed by atoms with Gasteiger partial charge in [0.2, 0.25) is 5.91 Å². The van der Waals surface area contributed by atoms with Gasteiger partial charge in [0.05, 0.1) is 6.61 Å². The maximum atomic E-state index is 11.8. The Hall–Kier alpha value is -1.14. The fourth-order valence-corrected chi connectivity index (χ4v) is 2.10. The van der Waals surface area contributed by atoms with E-state index >= 15 is 0 Å². The van der Waals surface area contributed by atoms with Crippen LogP contribution in [0.3, 0.4) is 0 Å². The highest BCUT2D eigenvalue weighted by Gasteiger charge is 2.28. The topological polar surface area (TPSA) is 102 Å². The zero-order valence-electron chi connectivity index (χ0n) is 10.0. The maximum absolute atomic E-state index is 11.8. The second-order valence-electron chi connectivity index (χ2n) is 4.48. The van der Waals surface area contributed by atoms with Gasteiger partial charge in [-0.25, -0.2) is 4.79 Å².